The van der Waals surface area contributed by atoms with Gasteiger partial charge in [-0.05, 0) is 36.6 Å². The molecule has 0 aromatic heterocycles. The highest BCUT2D eigenvalue weighted by Crippen LogP contribution is 2.37. The molecule has 30 heavy (non-hydrogen) atoms. The van der Waals surface area contributed by atoms with Crippen LogP contribution in [0.3, 0.4) is 0 Å². The zero-order valence-electron chi connectivity index (χ0n) is 17.4. The minimum absolute atomic E-state index is 0.0465. The number of hydrogen-bond donors (Lipinski definition) is 1. The summed E-state index contributed by atoms with van der Waals surface area (Å²) in [5.74, 6) is 0.0815. The number of amides is 1. The van der Waals surface area contributed by atoms with Crippen LogP contribution in [0.25, 0.3) is 0 Å². The first-order chi connectivity index (χ1) is 14.4. The summed E-state index contributed by atoms with van der Waals surface area (Å²) in [6.45, 7) is 2.02. The molecule has 7 heteroatoms. The van der Waals surface area contributed by atoms with Gasteiger partial charge in [-0.1, -0.05) is 35.9 Å². The van der Waals surface area contributed by atoms with Crippen molar-refractivity contribution in [3.63, 3.8) is 0 Å². The molecule has 1 unspecified atom stereocenters. The first-order valence-electron chi connectivity index (χ1n) is 9.83. The van der Waals surface area contributed by atoms with E-state index in [-0.39, 0.29) is 31.2 Å². The Balaban J connectivity index is 1.90. The van der Waals surface area contributed by atoms with Gasteiger partial charge in [0, 0.05) is 19.3 Å². The highest BCUT2D eigenvalue weighted by atomic mass is 16.5. The van der Waals surface area contributed by atoms with E-state index in [1.165, 1.54) is 5.01 Å². The van der Waals surface area contributed by atoms with E-state index in [0.717, 1.165) is 22.4 Å². The van der Waals surface area contributed by atoms with Crippen molar-refractivity contribution in [2.24, 2.45) is 5.10 Å². The van der Waals surface area contributed by atoms with Crippen LogP contribution >= 0.6 is 0 Å². The average Bonchev–Trinajstić information content (AvgIpc) is 3.19. The normalized spacial score (nSPS) is 15.6. The fourth-order valence-corrected chi connectivity index (χ4v) is 3.49. The van der Waals surface area contributed by atoms with Crippen molar-refractivity contribution in [3.05, 3.63) is 59.2 Å². The minimum atomic E-state index is -0.912. The standard InChI is InChI=1S/C23H26N2O5/c1-15-7-9-16(10-8-15)18-14-19(17-11-12-20(29-2)21(13-17)30-3)25(24-18)22(26)5-4-6-23(27)28/h7-13,19H,4-6,14H2,1-3H3,(H,27,28). The van der Waals surface area contributed by atoms with Crippen molar-refractivity contribution in [2.75, 3.05) is 14.2 Å². The summed E-state index contributed by atoms with van der Waals surface area (Å²) in [6, 6.07) is 13.3. The molecule has 2 aromatic rings. The molecule has 2 aromatic carbocycles. The van der Waals surface area contributed by atoms with Gasteiger partial charge in [0.1, 0.15) is 0 Å². The lowest BCUT2D eigenvalue weighted by Crippen LogP contribution is -2.27. The Hall–Kier alpha value is -3.35. The van der Waals surface area contributed by atoms with E-state index >= 15 is 0 Å². The highest BCUT2D eigenvalue weighted by molar-refractivity contribution is 6.03. The van der Waals surface area contributed by atoms with Crippen molar-refractivity contribution in [2.45, 2.75) is 38.6 Å². The van der Waals surface area contributed by atoms with Crippen molar-refractivity contribution in [1.29, 1.82) is 0 Å². The average molecular weight is 410 g/mol. The van der Waals surface area contributed by atoms with Gasteiger partial charge in [-0.2, -0.15) is 5.10 Å². The summed E-state index contributed by atoms with van der Waals surface area (Å²) in [5, 5.41) is 15.0. The molecule has 0 aliphatic carbocycles. The highest BCUT2D eigenvalue weighted by Gasteiger charge is 2.33. The van der Waals surface area contributed by atoms with Crippen molar-refractivity contribution < 1.29 is 24.2 Å². The molecule has 7 nitrogen and oxygen atoms in total. The number of aliphatic carboxylic acids is 1. The van der Waals surface area contributed by atoms with Crippen LogP contribution in [0.1, 0.15) is 48.4 Å². The number of benzene rings is 2. The molecule has 1 atom stereocenters. The van der Waals surface area contributed by atoms with Crippen LogP contribution in [0, 0.1) is 6.92 Å². The molecule has 158 valence electrons. The van der Waals surface area contributed by atoms with E-state index in [1.54, 1.807) is 14.2 Å². The predicted molar refractivity (Wildman–Crippen MR) is 113 cm³/mol. The molecular formula is C23H26N2O5. The number of ether oxygens (including phenoxy) is 2. The molecule has 1 heterocycles. The Bertz CT molecular complexity index is 953. The smallest absolute Gasteiger partial charge is 0.303 e. The Morgan fingerprint density at radius 1 is 1.07 bits per heavy atom. The molecule has 0 bridgehead atoms. The number of carboxylic acids is 1. The van der Waals surface area contributed by atoms with E-state index < -0.39 is 5.97 Å². The largest absolute Gasteiger partial charge is 0.493 e. The second kappa shape index (κ2) is 9.43. The van der Waals surface area contributed by atoms with Gasteiger partial charge < -0.3 is 14.6 Å². The lowest BCUT2D eigenvalue weighted by atomic mass is 9.97. The maximum atomic E-state index is 12.9. The summed E-state index contributed by atoms with van der Waals surface area (Å²) < 4.78 is 10.7. The van der Waals surface area contributed by atoms with E-state index in [9.17, 15) is 9.59 Å². The number of carbonyl (C=O) groups is 2. The van der Waals surface area contributed by atoms with Gasteiger partial charge in [0.25, 0.3) is 0 Å². The van der Waals surface area contributed by atoms with Gasteiger partial charge >= 0.3 is 5.97 Å². The summed E-state index contributed by atoms with van der Waals surface area (Å²) in [7, 11) is 3.14. The van der Waals surface area contributed by atoms with Gasteiger partial charge in [-0.15, -0.1) is 0 Å². The summed E-state index contributed by atoms with van der Waals surface area (Å²) in [4.78, 5) is 23.7. The summed E-state index contributed by atoms with van der Waals surface area (Å²) in [5.41, 5.74) is 3.81. The van der Waals surface area contributed by atoms with Crippen molar-refractivity contribution in [3.8, 4) is 11.5 Å². The van der Waals surface area contributed by atoms with Gasteiger partial charge in [0.05, 0.1) is 26.0 Å². The van der Waals surface area contributed by atoms with Crippen LogP contribution in [-0.4, -0.2) is 41.9 Å². The fraction of sp³-hybridized carbons (Fsp3) is 0.348. The third-order valence-corrected chi connectivity index (χ3v) is 5.12. The minimum Gasteiger partial charge on any atom is -0.493 e. The first-order valence-corrected chi connectivity index (χ1v) is 9.83. The third kappa shape index (κ3) is 4.79. The molecule has 1 N–H and O–H groups in total. The van der Waals surface area contributed by atoms with Gasteiger partial charge in [-0.25, -0.2) is 5.01 Å². The number of carbonyl (C=O) groups excluding carboxylic acids is 1. The molecule has 1 aliphatic heterocycles. The fourth-order valence-electron chi connectivity index (χ4n) is 3.49. The van der Waals surface area contributed by atoms with Crippen LogP contribution in [0.4, 0.5) is 0 Å². The van der Waals surface area contributed by atoms with Gasteiger partial charge in [0.15, 0.2) is 11.5 Å². The van der Waals surface area contributed by atoms with E-state index in [2.05, 4.69) is 5.10 Å². The zero-order chi connectivity index (χ0) is 21.7. The Morgan fingerprint density at radius 3 is 2.40 bits per heavy atom. The topological polar surface area (TPSA) is 88.4 Å². The van der Waals surface area contributed by atoms with Crippen molar-refractivity contribution >= 4 is 17.6 Å². The molecule has 0 fully saturated rings. The molecule has 1 amide bonds. The summed E-state index contributed by atoms with van der Waals surface area (Å²) >= 11 is 0. The summed E-state index contributed by atoms with van der Waals surface area (Å²) in [6.07, 6.45) is 0.915. The maximum Gasteiger partial charge on any atom is 0.303 e. The first kappa shape index (κ1) is 21.4. The maximum absolute atomic E-state index is 12.9. The van der Waals surface area contributed by atoms with E-state index in [4.69, 9.17) is 14.6 Å². The van der Waals surface area contributed by atoms with Gasteiger partial charge in [-0.3, -0.25) is 9.59 Å². The van der Waals surface area contributed by atoms with Crippen LogP contribution in [0.2, 0.25) is 0 Å². The number of hydrogen-bond acceptors (Lipinski definition) is 5. The van der Waals surface area contributed by atoms with Crippen LogP contribution in [0.5, 0.6) is 11.5 Å². The molecular weight excluding hydrogens is 384 g/mol. The molecule has 3 rings (SSSR count). The number of methoxy groups -OCH3 is 2. The molecule has 1 aliphatic rings. The molecule has 0 radical (unpaired) electrons. The number of nitrogens with zero attached hydrogens (tertiary/aromatic N) is 2. The van der Waals surface area contributed by atoms with Crippen molar-refractivity contribution in [1.82, 2.24) is 5.01 Å². The zero-order valence-corrected chi connectivity index (χ0v) is 17.4. The lowest BCUT2D eigenvalue weighted by Gasteiger charge is -2.23. The number of carboxylic acid groups (broad SMARTS) is 1. The van der Waals surface area contributed by atoms with Crippen LogP contribution in [0.15, 0.2) is 47.6 Å². The Kier molecular flexibility index (Phi) is 6.72. The van der Waals surface area contributed by atoms with Gasteiger partial charge in [0.2, 0.25) is 5.91 Å². The quantitative estimate of drug-likeness (QED) is 0.712. The number of hydrazone groups is 1. The molecule has 0 saturated heterocycles. The molecule has 0 saturated carbocycles. The second-order valence-corrected chi connectivity index (χ2v) is 7.23. The van der Waals surface area contributed by atoms with Crippen LogP contribution < -0.4 is 9.47 Å². The number of aryl methyl sites for hydroxylation is 1. The predicted octanol–water partition coefficient (Wildman–Crippen LogP) is 3.94. The SMILES string of the molecule is COc1ccc(C2CC(c3ccc(C)cc3)=NN2C(=O)CCCC(=O)O)cc1OC. The van der Waals surface area contributed by atoms with E-state index in [1.807, 2.05) is 49.4 Å². The van der Waals surface area contributed by atoms with E-state index in [0.29, 0.717) is 17.9 Å². The number of rotatable bonds is 8. The monoisotopic (exact) mass is 410 g/mol. The third-order valence-electron chi connectivity index (χ3n) is 5.12. The van der Waals surface area contributed by atoms with Crippen LogP contribution in [-0.2, 0) is 9.59 Å². The second-order valence-electron chi connectivity index (χ2n) is 7.23. The Morgan fingerprint density at radius 2 is 1.77 bits per heavy atom. The Labute approximate surface area is 175 Å². The molecule has 0 spiro atoms. The lowest BCUT2D eigenvalue weighted by molar-refractivity contribution is -0.137.